The summed E-state index contributed by atoms with van der Waals surface area (Å²) in [6, 6.07) is 5.61. The molecule has 0 saturated carbocycles. The van der Waals surface area contributed by atoms with Crippen LogP contribution in [-0.4, -0.2) is 34.6 Å². The highest BCUT2D eigenvalue weighted by molar-refractivity contribution is 6.62. The third-order valence-electron chi connectivity index (χ3n) is 2.52. The van der Waals surface area contributed by atoms with E-state index in [1.165, 1.54) is 0 Å². The van der Waals surface area contributed by atoms with Gasteiger partial charge in [-0.15, -0.1) is 0 Å². The quantitative estimate of drug-likeness (QED) is 0.710. The molecule has 86 valence electrons. The van der Waals surface area contributed by atoms with E-state index in [0.29, 0.717) is 0 Å². The third kappa shape index (κ3) is 2.31. The van der Waals surface area contributed by atoms with Crippen LogP contribution in [0.3, 0.4) is 0 Å². The number of hydrogen-bond acceptors (Lipinski definition) is 4. The number of hydrogen-bond donors (Lipinski definition) is 0. The fourth-order valence-corrected chi connectivity index (χ4v) is 1.68. The zero-order chi connectivity index (χ0) is 11.4. The van der Waals surface area contributed by atoms with Gasteiger partial charge >= 0.3 is 7.12 Å². The van der Waals surface area contributed by atoms with Gasteiger partial charge in [-0.1, -0.05) is 6.07 Å². The molecule has 0 aliphatic carbocycles. The van der Waals surface area contributed by atoms with Crippen molar-refractivity contribution in [2.24, 2.45) is 0 Å². The summed E-state index contributed by atoms with van der Waals surface area (Å²) in [4.78, 5) is 0. The van der Waals surface area contributed by atoms with Crippen molar-refractivity contribution < 1.29 is 18.8 Å². The van der Waals surface area contributed by atoms with Gasteiger partial charge in [-0.05, 0) is 12.5 Å². The molecular formula is C11H15BO4. The predicted octanol–water partition coefficient (Wildman–Crippen LogP) is 0.836. The fraction of sp³-hybridized carbons (Fsp3) is 0.455. The average Bonchev–Trinajstić information content (AvgIpc) is 2.39. The van der Waals surface area contributed by atoms with Crippen molar-refractivity contribution in [2.75, 3.05) is 27.4 Å². The van der Waals surface area contributed by atoms with Crippen molar-refractivity contribution in [3.63, 3.8) is 0 Å². The molecule has 0 atom stereocenters. The highest BCUT2D eigenvalue weighted by atomic mass is 16.6. The standard InChI is InChI=1S/C11H15BO4/c1-13-9-4-5-10(11(8-9)14-2)12-15-6-3-7-16-12/h4-5,8H,3,6-7H2,1-2H3. The van der Waals surface area contributed by atoms with Crippen LogP contribution >= 0.6 is 0 Å². The van der Waals surface area contributed by atoms with Crippen LogP contribution in [0.4, 0.5) is 0 Å². The van der Waals surface area contributed by atoms with E-state index in [0.717, 1.165) is 36.6 Å². The lowest BCUT2D eigenvalue weighted by atomic mass is 9.77. The van der Waals surface area contributed by atoms with Crippen molar-refractivity contribution in [1.29, 1.82) is 0 Å². The van der Waals surface area contributed by atoms with Crippen LogP contribution in [0.1, 0.15) is 6.42 Å². The maximum atomic E-state index is 5.54. The zero-order valence-electron chi connectivity index (χ0n) is 9.56. The Kier molecular flexibility index (Phi) is 3.69. The smallest absolute Gasteiger partial charge is 0.497 e. The average molecular weight is 222 g/mol. The van der Waals surface area contributed by atoms with Gasteiger partial charge in [0.2, 0.25) is 0 Å². The molecule has 0 N–H and O–H groups in total. The molecule has 1 fully saturated rings. The monoisotopic (exact) mass is 222 g/mol. The summed E-state index contributed by atoms with van der Waals surface area (Å²) in [6.45, 7) is 1.44. The molecule has 1 heterocycles. The number of rotatable bonds is 3. The minimum absolute atomic E-state index is 0.324. The van der Waals surface area contributed by atoms with Crippen molar-refractivity contribution >= 4 is 12.6 Å². The van der Waals surface area contributed by atoms with E-state index in [1.54, 1.807) is 14.2 Å². The highest BCUT2D eigenvalue weighted by Crippen LogP contribution is 2.18. The van der Waals surface area contributed by atoms with E-state index in [1.807, 2.05) is 18.2 Å². The normalized spacial score (nSPS) is 16.0. The molecule has 16 heavy (non-hydrogen) atoms. The van der Waals surface area contributed by atoms with Crippen molar-refractivity contribution in [1.82, 2.24) is 0 Å². The first-order chi connectivity index (χ1) is 7.85. The molecule has 0 unspecified atom stereocenters. The van der Waals surface area contributed by atoms with E-state index in [4.69, 9.17) is 18.8 Å². The first-order valence-corrected chi connectivity index (χ1v) is 5.30. The summed E-state index contributed by atoms with van der Waals surface area (Å²) in [6.07, 6.45) is 0.939. The van der Waals surface area contributed by atoms with Crippen LogP contribution in [-0.2, 0) is 9.31 Å². The molecule has 0 radical (unpaired) electrons. The largest absolute Gasteiger partial charge is 0.497 e. The summed E-state index contributed by atoms with van der Waals surface area (Å²) in [7, 11) is 2.93. The molecule has 5 heteroatoms. The van der Waals surface area contributed by atoms with Gasteiger partial charge in [0.05, 0.1) is 14.2 Å². The summed E-state index contributed by atoms with van der Waals surface area (Å²) in [5.41, 5.74) is 0.906. The van der Waals surface area contributed by atoms with Gasteiger partial charge in [-0.25, -0.2) is 0 Å². The number of benzene rings is 1. The van der Waals surface area contributed by atoms with Crippen LogP contribution in [0.5, 0.6) is 11.5 Å². The first kappa shape index (κ1) is 11.3. The van der Waals surface area contributed by atoms with Gasteiger partial charge < -0.3 is 18.8 Å². The molecule has 0 bridgehead atoms. The second-order valence-corrected chi connectivity index (χ2v) is 3.53. The zero-order valence-corrected chi connectivity index (χ0v) is 9.56. The van der Waals surface area contributed by atoms with Gasteiger partial charge in [0.1, 0.15) is 11.5 Å². The van der Waals surface area contributed by atoms with Crippen LogP contribution < -0.4 is 14.9 Å². The molecule has 4 nitrogen and oxygen atoms in total. The Bertz CT molecular complexity index is 350. The maximum absolute atomic E-state index is 5.54. The van der Waals surface area contributed by atoms with Gasteiger partial charge in [0.25, 0.3) is 0 Å². The van der Waals surface area contributed by atoms with Crippen LogP contribution in [0.25, 0.3) is 0 Å². The second kappa shape index (κ2) is 5.23. The third-order valence-corrected chi connectivity index (χ3v) is 2.52. The number of methoxy groups -OCH3 is 2. The van der Waals surface area contributed by atoms with E-state index < -0.39 is 0 Å². The Morgan fingerprint density at radius 3 is 2.50 bits per heavy atom. The lowest BCUT2D eigenvalue weighted by Gasteiger charge is -2.21. The SMILES string of the molecule is COc1ccc(B2OCCCO2)c(OC)c1. The van der Waals surface area contributed by atoms with Crippen LogP contribution in [0, 0.1) is 0 Å². The maximum Gasteiger partial charge on any atom is 0.497 e. The molecular weight excluding hydrogens is 207 g/mol. The molecule has 1 aromatic carbocycles. The van der Waals surface area contributed by atoms with Gasteiger partial charge in [0, 0.05) is 24.7 Å². The topological polar surface area (TPSA) is 36.9 Å². The molecule has 0 aromatic heterocycles. The fourth-order valence-electron chi connectivity index (χ4n) is 1.68. The Hall–Kier alpha value is -1.20. The summed E-state index contributed by atoms with van der Waals surface area (Å²) in [5, 5.41) is 0. The Labute approximate surface area is 95.6 Å². The Balaban J connectivity index is 2.24. The minimum Gasteiger partial charge on any atom is -0.497 e. The molecule has 0 amide bonds. The van der Waals surface area contributed by atoms with E-state index in [-0.39, 0.29) is 7.12 Å². The predicted molar refractivity (Wildman–Crippen MR) is 61.5 cm³/mol. The lowest BCUT2D eigenvalue weighted by Crippen LogP contribution is -2.41. The highest BCUT2D eigenvalue weighted by Gasteiger charge is 2.27. The molecule has 0 spiro atoms. The summed E-state index contributed by atoms with van der Waals surface area (Å²) in [5.74, 6) is 1.49. The van der Waals surface area contributed by atoms with E-state index in [2.05, 4.69) is 0 Å². The van der Waals surface area contributed by atoms with Crippen molar-refractivity contribution in [2.45, 2.75) is 6.42 Å². The van der Waals surface area contributed by atoms with Crippen molar-refractivity contribution in [3.8, 4) is 11.5 Å². The van der Waals surface area contributed by atoms with Gasteiger partial charge in [-0.3, -0.25) is 0 Å². The van der Waals surface area contributed by atoms with Crippen molar-refractivity contribution in [3.05, 3.63) is 18.2 Å². The Morgan fingerprint density at radius 2 is 1.88 bits per heavy atom. The van der Waals surface area contributed by atoms with Gasteiger partial charge in [0.15, 0.2) is 0 Å². The molecule has 2 rings (SSSR count). The lowest BCUT2D eigenvalue weighted by molar-refractivity contribution is 0.143. The minimum atomic E-state index is -0.324. The van der Waals surface area contributed by atoms with Crippen LogP contribution in [0.15, 0.2) is 18.2 Å². The van der Waals surface area contributed by atoms with Gasteiger partial charge in [-0.2, -0.15) is 0 Å². The second-order valence-electron chi connectivity index (χ2n) is 3.53. The molecule has 1 aliphatic heterocycles. The molecule has 1 aliphatic rings. The summed E-state index contributed by atoms with van der Waals surface area (Å²) >= 11 is 0. The summed E-state index contributed by atoms with van der Waals surface area (Å²) < 4.78 is 21.5. The molecule has 1 saturated heterocycles. The number of ether oxygens (including phenoxy) is 2. The Morgan fingerprint density at radius 1 is 1.12 bits per heavy atom. The van der Waals surface area contributed by atoms with E-state index in [9.17, 15) is 0 Å². The van der Waals surface area contributed by atoms with Crippen LogP contribution in [0.2, 0.25) is 0 Å². The molecule has 1 aromatic rings. The van der Waals surface area contributed by atoms with E-state index >= 15 is 0 Å². The first-order valence-electron chi connectivity index (χ1n) is 5.30.